The van der Waals surface area contributed by atoms with Gasteiger partial charge in [-0.05, 0) is 50.2 Å². The third-order valence-corrected chi connectivity index (χ3v) is 5.66. The molecule has 1 aromatic carbocycles. The molecule has 0 spiro atoms. The van der Waals surface area contributed by atoms with Gasteiger partial charge in [-0.1, -0.05) is 23.8 Å². The van der Waals surface area contributed by atoms with Crippen molar-refractivity contribution in [2.24, 2.45) is 0 Å². The van der Waals surface area contributed by atoms with Gasteiger partial charge in [-0.2, -0.15) is 0 Å². The molecule has 3 aromatic rings. The number of aliphatic hydroxyl groups is 1. The Morgan fingerprint density at radius 1 is 1.04 bits per heavy atom. The summed E-state index contributed by atoms with van der Waals surface area (Å²) in [6, 6.07) is 14.9. The van der Waals surface area contributed by atoms with Gasteiger partial charge in [-0.25, -0.2) is 12.4 Å². The van der Waals surface area contributed by atoms with Gasteiger partial charge < -0.3 is 5.11 Å². The maximum absolute atomic E-state index is 12.9. The van der Waals surface area contributed by atoms with Crippen molar-refractivity contribution in [2.45, 2.75) is 24.3 Å². The van der Waals surface area contributed by atoms with Crippen LogP contribution in [0.3, 0.4) is 0 Å². The predicted molar refractivity (Wildman–Crippen MR) is 91.1 cm³/mol. The van der Waals surface area contributed by atoms with E-state index >= 15 is 0 Å². The first-order valence-electron chi connectivity index (χ1n) is 7.47. The van der Waals surface area contributed by atoms with Crippen molar-refractivity contribution >= 4 is 10.0 Å². The zero-order valence-electron chi connectivity index (χ0n) is 13.4. The number of pyridine rings is 1. The first kappa shape index (κ1) is 16.4. The van der Waals surface area contributed by atoms with Gasteiger partial charge in [-0.15, -0.1) is 0 Å². The Morgan fingerprint density at radius 2 is 1.75 bits per heavy atom. The number of aromatic nitrogens is 2. The van der Waals surface area contributed by atoms with E-state index in [4.69, 9.17) is 0 Å². The average molecular weight is 342 g/mol. The molecule has 0 bridgehead atoms. The normalized spacial score (nSPS) is 14.3. The van der Waals surface area contributed by atoms with E-state index in [1.165, 1.54) is 13.1 Å². The first-order valence-corrected chi connectivity index (χ1v) is 8.91. The molecule has 1 unspecified atom stereocenters. The fraction of sp³-hybridized carbons (Fsp3) is 0.167. The average Bonchev–Trinajstić information content (AvgIpc) is 3.07. The molecule has 0 amide bonds. The van der Waals surface area contributed by atoms with Crippen LogP contribution in [0, 0.1) is 6.92 Å². The molecule has 0 aliphatic heterocycles. The number of benzene rings is 1. The molecule has 1 N–H and O–H groups in total. The molecule has 3 rings (SSSR count). The monoisotopic (exact) mass is 342 g/mol. The van der Waals surface area contributed by atoms with Gasteiger partial charge in [0.1, 0.15) is 5.60 Å². The van der Waals surface area contributed by atoms with E-state index in [2.05, 4.69) is 4.98 Å². The molecule has 0 aliphatic rings. The predicted octanol–water partition coefficient (Wildman–Crippen LogP) is 2.68. The van der Waals surface area contributed by atoms with Crippen molar-refractivity contribution in [1.82, 2.24) is 8.96 Å². The Kier molecular flexibility index (Phi) is 4.03. The standard InChI is InChI=1S/C18H18N2O3S/c1-14-8-10-15(11-9-14)24(22,23)20-13-5-7-17(20)18(2,21)16-6-3-4-12-19-16/h3-13,21H,1-2H3. The number of nitrogens with zero attached hydrogens (tertiary/aromatic N) is 2. The summed E-state index contributed by atoms with van der Waals surface area (Å²) in [5.74, 6) is 0. The highest BCUT2D eigenvalue weighted by molar-refractivity contribution is 7.90. The van der Waals surface area contributed by atoms with E-state index in [-0.39, 0.29) is 10.6 Å². The Hall–Kier alpha value is -2.44. The highest BCUT2D eigenvalue weighted by Crippen LogP contribution is 2.30. The van der Waals surface area contributed by atoms with Crippen LogP contribution in [0.25, 0.3) is 0 Å². The summed E-state index contributed by atoms with van der Waals surface area (Å²) in [5.41, 5.74) is 0.0516. The van der Waals surface area contributed by atoms with Gasteiger partial charge in [0.2, 0.25) is 0 Å². The zero-order chi connectivity index (χ0) is 17.4. The van der Waals surface area contributed by atoms with E-state index in [0.717, 1.165) is 9.54 Å². The highest BCUT2D eigenvalue weighted by Gasteiger charge is 2.33. The number of aryl methyl sites for hydroxylation is 1. The maximum Gasteiger partial charge on any atom is 0.267 e. The lowest BCUT2D eigenvalue weighted by Crippen LogP contribution is -2.30. The van der Waals surface area contributed by atoms with Crippen LogP contribution in [0.15, 0.2) is 71.9 Å². The van der Waals surface area contributed by atoms with Crippen molar-refractivity contribution in [3.63, 3.8) is 0 Å². The molecule has 0 aliphatic carbocycles. The molecule has 124 valence electrons. The fourth-order valence-electron chi connectivity index (χ4n) is 2.56. The minimum absolute atomic E-state index is 0.169. The Morgan fingerprint density at radius 3 is 2.38 bits per heavy atom. The van der Waals surface area contributed by atoms with Crippen LogP contribution in [0.5, 0.6) is 0 Å². The molecular formula is C18H18N2O3S. The third kappa shape index (κ3) is 2.74. The fourth-order valence-corrected chi connectivity index (χ4v) is 3.99. The van der Waals surface area contributed by atoms with E-state index in [9.17, 15) is 13.5 Å². The van der Waals surface area contributed by atoms with E-state index in [1.807, 2.05) is 6.92 Å². The molecular weight excluding hydrogens is 324 g/mol. The molecule has 2 heterocycles. The van der Waals surface area contributed by atoms with Crippen molar-refractivity contribution in [3.05, 3.63) is 83.9 Å². The molecule has 0 saturated heterocycles. The van der Waals surface area contributed by atoms with Gasteiger partial charge in [0, 0.05) is 12.4 Å². The van der Waals surface area contributed by atoms with E-state index in [0.29, 0.717) is 5.69 Å². The van der Waals surface area contributed by atoms with Crippen LogP contribution in [0.4, 0.5) is 0 Å². The van der Waals surface area contributed by atoms with Gasteiger partial charge in [0.15, 0.2) is 0 Å². The summed E-state index contributed by atoms with van der Waals surface area (Å²) in [6.45, 7) is 3.43. The van der Waals surface area contributed by atoms with E-state index in [1.54, 1.807) is 60.8 Å². The SMILES string of the molecule is Cc1ccc(S(=O)(=O)n2cccc2C(C)(O)c2ccccn2)cc1. The molecule has 0 saturated carbocycles. The second-order valence-electron chi connectivity index (χ2n) is 5.79. The maximum atomic E-state index is 12.9. The summed E-state index contributed by atoms with van der Waals surface area (Å²) >= 11 is 0. The van der Waals surface area contributed by atoms with Crippen molar-refractivity contribution in [2.75, 3.05) is 0 Å². The highest BCUT2D eigenvalue weighted by atomic mass is 32.2. The van der Waals surface area contributed by atoms with Crippen LogP contribution in [0.1, 0.15) is 23.9 Å². The van der Waals surface area contributed by atoms with Crippen molar-refractivity contribution in [1.29, 1.82) is 0 Å². The number of hydrogen-bond acceptors (Lipinski definition) is 4. The zero-order valence-corrected chi connectivity index (χ0v) is 14.2. The molecule has 5 nitrogen and oxygen atoms in total. The molecule has 0 radical (unpaired) electrons. The molecule has 6 heteroatoms. The van der Waals surface area contributed by atoms with Gasteiger partial charge in [0.05, 0.1) is 16.3 Å². The minimum Gasteiger partial charge on any atom is -0.377 e. The topological polar surface area (TPSA) is 72.2 Å². The Bertz CT molecular complexity index is 943. The van der Waals surface area contributed by atoms with Crippen LogP contribution in [0.2, 0.25) is 0 Å². The second kappa shape index (κ2) is 5.89. The minimum atomic E-state index is -3.81. The largest absolute Gasteiger partial charge is 0.377 e. The lowest BCUT2D eigenvalue weighted by molar-refractivity contribution is 0.0918. The van der Waals surface area contributed by atoms with Crippen LogP contribution >= 0.6 is 0 Å². The molecule has 24 heavy (non-hydrogen) atoms. The van der Waals surface area contributed by atoms with Crippen LogP contribution in [-0.4, -0.2) is 22.5 Å². The summed E-state index contributed by atoms with van der Waals surface area (Å²) in [7, 11) is -3.81. The summed E-state index contributed by atoms with van der Waals surface area (Å²) in [5, 5.41) is 10.9. The molecule has 1 atom stereocenters. The number of rotatable bonds is 4. The second-order valence-corrected chi connectivity index (χ2v) is 7.61. The summed E-state index contributed by atoms with van der Waals surface area (Å²) < 4.78 is 27.0. The summed E-state index contributed by atoms with van der Waals surface area (Å²) in [6.07, 6.45) is 2.99. The summed E-state index contributed by atoms with van der Waals surface area (Å²) in [4.78, 5) is 4.32. The van der Waals surface area contributed by atoms with Crippen LogP contribution in [-0.2, 0) is 15.6 Å². The van der Waals surface area contributed by atoms with Crippen molar-refractivity contribution < 1.29 is 13.5 Å². The first-order chi connectivity index (χ1) is 11.3. The van der Waals surface area contributed by atoms with Gasteiger partial charge in [-0.3, -0.25) is 4.98 Å². The van der Waals surface area contributed by atoms with Gasteiger partial charge >= 0.3 is 0 Å². The third-order valence-electron chi connectivity index (χ3n) is 3.95. The lowest BCUT2D eigenvalue weighted by atomic mass is 9.98. The number of hydrogen-bond donors (Lipinski definition) is 1. The van der Waals surface area contributed by atoms with Crippen molar-refractivity contribution in [3.8, 4) is 0 Å². The molecule has 2 aromatic heterocycles. The Labute approximate surface area is 141 Å². The lowest BCUT2D eigenvalue weighted by Gasteiger charge is -2.24. The van der Waals surface area contributed by atoms with E-state index < -0.39 is 15.6 Å². The quantitative estimate of drug-likeness (QED) is 0.791. The Balaban J connectivity index is 2.13. The smallest absolute Gasteiger partial charge is 0.267 e. The molecule has 0 fully saturated rings. The van der Waals surface area contributed by atoms with Crippen LogP contribution < -0.4 is 0 Å². The van der Waals surface area contributed by atoms with Gasteiger partial charge in [0.25, 0.3) is 10.0 Å².